The number of carbonyl (C=O) groups is 1. The molecule has 4 fully saturated rings. The first-order valence-electron chi connectivity index (χ1n) is 15.0. The molecular weight excluding hydrogens is 460 g/mol. The van der Waals surface area contributed by atoms with Crippen molar-refractivity contribution in [2.24, 2.45) is 52.3 Å². The van der Waals surface area contributed by atoms with Crippen molar-refractivity contribution in [3.63, 3.8) is 0 Å². The van der Waals surface area contributed by atoms with Gasteiger partial charge in [0.05, 0.1) is 17.8 Å². The van der Waals surface area contributed by atoms with Gasteiger partial charge in [0.25, 0.3) is 0 Å². The normalized spacial score (nSPS) is 44.2. The fourth-order valence-corrected chi connectivity index (χ4v) is 10.3. The Morgan fingerprint density at radius 1 is 1.00 bits per heavy atom. The van der Waals surface area contributed by atoms with Gasteiger partial charge < -0.3 is 15.3 Å². The molecule has 0 bridgehead atoms. The lowest BCUT2D eigenvalue weighted by Crippen LogP contribution is -2.62. The van der Waals surface area contributed by atoms with Crippen LogP contribution in [0.5, 0.6) is 0 Å². The van der Waals surface area contributed by atoms with Gasteiger partial charge in [-0.2, -0.15) is 0 Å². The summed E-state index contributed by atoms with van der Waals surface area (Å²) in [7, 11) is 0. The molecular formula is C33H48O4. The van der Waals surface area contributed by atoms with Gasteiger partial charge in [0.1, 0.15) is 0 Å². The van der Waals surface area contributed by atoms with E-state index in [-0.39, 0.29) is 23.0 Å². The SMILES string of the molecule is CC[C@@H]1C2C[C@H](O)CCC2(C)C2CCC3(C)C(CC[C@@H]3[C@H](C)C/C=C/c3ccc(C(=O)O)cc3)C2[C@@H]1O. The Hall–Kier alpha value is -1.65. The number of benzene rings is 1. The van der Waals surface area contributed by atoms with E-state index in [0.29, 0.717) is 47.0 Å². The number of carboxylic acids is 1. The van der Waals surface area contributed by atoms with Crippen molar-refractivity contribution in [2.75, 3.05) is 0 Å². The van der Waals surface area contributed by atoms with Gasteiger partial charge in [0.15, 0.2) is 0 Å². The lowest BCUT2D eigenvalue weighted by molar-refractivity contribution is -0.203. The molecule has 0 radical (unpaired) electrons. The first kappa shape index (κ1) is 26.9. The van der Waals surface area contributed by atoms with E-state index in [1.165, 1.54) is 25.7 Å². The summed E-state index contributed by atoms with van der Waals surface area (Å²) in [6.45, 7) is 9.72. The molecule has 0 spiro atoms. The molecule has 4 aliphatic rings. The predicted molar refractivity (Wildman–Crippen MR) is 148 cm³/mol. The molecule has 0 aromatic heterocycles. The molecule has 0 amide bonds. The Morgan fingerprint density at radius 3 is 2.35 bits per heavy atom. The first-order valence-corrected chi connectivity index (χ1v) is 15.0. The fourth-order valence-electron chi connectivity index (χ4n) is 10.3. The van der Waals surface area contributed by atoms with Gasteiger partial charge in [-0.3, -0.25) is 0 Å². The lowest BCUT2D eigenvalue weighted by atomic mass is 9.41. The summed E-state index contributed by atoms with van der Waals surface area (Å²) in [5.74, 6) is 2.72. The molecule has 1 aromatic rings. The van der Waals surface area contributed by atoms with E-state index in [2.05, 4.69) is 39.8 Å². The minimum Gasteiger partial charge on any atom is -0.478 e. The zero-order chi connectivity index (χ0) is 26.5. The molecule has 0 heterocycles. The van der Waals surface area contributed by atoms with Gasteiger partial charge in [-0.15, -0.1) is 0 Å². The molecule has 37 heavy (non-hydrogen) atoms. The summed E-state index contributed by atoms with van der Waals surface area (Å²) in [5.41, 5.74) is 1.91. The van der Waals surface area contributed by atoms with E-state index >= 15 is 0 Å². The summed E-state index contributed by atoms with van der Waals surface area (Å²) < 4.78 is 0. The quantitative estimate of drug-likeness (QED) is 0.385. The van der Waals surface area contributed by atoms with Crippen molar-refractivity contribution in [1.82, 2.24) is 0 Å². The Morgan fingerprint density at radius 2 is 1.68 bits per heavy atom. The van der Waals surface area contributed by atoms with E-state index in [0.717, 1.165) is 37.7 Å². The predicted octanol–water partition coefficient (Wildman–Crippen LogP) is 7.05. The van der Waals surface area contributed by atoms with Crippen LogP contribution in [-0.4, -0.2) is 33.5 Å². The average molecular weight is 509 g/mol. The van der Waals surface area contributed by atoms with Crippen LogP contribution >= 0.6 is 0 Å². The Bertz CT molecular complexity index is 1000. The van der Waals surface area contributed by atoms with Crippen LogP contribution in [0.3, 0.4) is 0 Å². The number of aliphatic hydroxyl groups is 2. The van der Waals surface area contributed by atoms with E-state index < -0.39 is 5.97 Å². The summed E-state index contributed by atoms with van der Waals surface area (Å²) in [6, 6.07) is 7.10. The third-order valence-electron chi connectivity index (χ3n) is 12.1. The average Bonchev–Trinajstić information content (AvgIpc) is 3.23. The maximum Gasteiger partial charge on any atom is 0.335 e. The maximum atomic E-state index is 11.9. The van der Waals surface area contributed by atoms with Gasteiger partial charge in [-0.25, -0.2) is 4.79 Å². The van der Waals surface area contributed by atoms with E-state index in [9.17, 15) is 15.0 Å². The summed E-state index contributed by atoms with van der Waals surface area (Å²) in [4.78, 5) is 11.1. The number of hydrogen-bond donors (Lipinski definition) is 3. The number of hydrogen-bond acceptors (Lipinski definition) is 3. The van der Waals surface area contributed by atoms with E-state index in [1.54, 1.807) is 12.1 Å². The number of aliphatic hydroxyl groups excluding tert-OH is 2. The van der Waals surface area contributed by atoms with Crippen LogP contribution in [-0.2, 0) is 0 Å². The zero-order valence-electron chi connectivity index (χ0n) is 23.3. The highest BCUT2D eigenvalue weighted by Crippen LogP contribution is 2.69. The number of carboxylic acid groups (broad SMARTS) is 1. The van der Waals surface area contributed by atoms with Crippen molar-refractivity contribution in [3.8, 4) is 0 Å². The van der Waals surface area contributed by atoms with E-state index in [4.69, 9.17) is 5.11 Å². The molecule has 5 rings (SSSR count). The van der Waals surface area contributed by atoms with E-state index in [1.807, 2.05) is 12.1 Å². The fraction of sp³-hybridized carbons (Fsp3) is 0.727. The number of fused-ring (bicyclic) bond motifs is 5. The minimum absolute atomic E-state index is 0.190. The largest absolute Gasteiger partial charge is 0.478 e. The lowest BCUT2D eigenvalue weighted by Gasteiger charge is -2.64. The van der Waals surface area contributed by atoms with Gasteiger partial charge in [-0.1, -0.05) is 58.4 Å². The van der Waals surface area contributed by atoms with Crippen LogP contribution in [0.4, 0.5) is 0 Å². The number of allylic oxidation sites excluding steroid dienone is 1. The molecule has 4 nitrogen and oxygen atoms in total. The molecule has 1 aromatic carbocycles. The van der Waals surface area contributed by atoms with Crippen molar-refractivity contribution < 1.29 is 20.1 Å². The van der Waals surface area contributed by atoms with Crippen molar-refractivity contribution in [1.29, 1.82) is 0 Å². The molecule has 0 aliphatic heterocycles. The minimum atomic E-state index is -0.887. The molecule has 3 N–H and O–H groups in total. The second-order valence-corrected chi connectivity index (χ2v) is 13.7. The Labute approximate surface area is 223 Å². The van der Waals surface area contributed by atoms with Crippen molar-refractivity contribution in [3.05, 3.63) is 41.5 Å². The topological polar surface area (TPSA) is 77.8 Å². The molecule has 0 saturated heterocycles. The molecule has 4 saturated carbocycles. The second kappa shape index (κ2) is 10.2. The van der Waals surface area contributed by atoms with Crippen molar-refractivity contribution >= 4 is 12.0 Å². The summed E-state index contributed by atoms with van der Waals surface area (Å²) in [5, 5.41) is 31.5. The number of aromatic carboxylic acids is 1. The van der Waals surface area contributed by atoms with Gasteiger partial charge >= 0.3 is 5.97 Å². The van der Waals surface area contributed by atoms with Crippen LogP contribution in [0.2, 0.25) is 0 Å². The first-order chi connectivity index (χ1) is 17.6. The van der Waals surface area contributed by atoms with Gasteiger partial charge in [0.2, 0.25) is 0 Å². The smallest absolute Gasteiger partial charge is 0.335 e. The Kier molecular flexibility index (Phi) is 7.39. The van der Waals surface area contributed by atoms with Crippen LogP contribution in [0.15, 0.2) is 30.3 Å². The highest BCUT2D eigenvalue weighted by atomic mass is 16.4. The van der Waals surface area contributed by atoms with Crippen LogP contribution < -0.4 is 0 Å². The van der Waals surface area contributed by atoms with Gasteiger partial charge in [0, 0.05) is 0 Å². The third-order valence-corrected chi connectivity index (χ3v) is 12.1. The summed E-state index contributed by atoms with van der Waals surface area (Å²) >= 11 is 0. The Balaban J connectivity index is 1.31. The standard InChI is InChI=1S/C33H48O4/c1-5-24-28-19-23(34)15-17-33(28,4)27-16-18-32(3)25(13-14-26(32)29(27)30(24)35)20(2)7-6-8-21-9-11-22(12-10-21)31(36)37/h6,8-12,20,23-30,34-35H,5,7,13-19H2,1-4H3,(H,36,37)/b8-6+/t20-,23-,24-,25-,26?,27?,28?,29?,30-,32?,33?/m1/s1. The molecule has 4 heteroatoms. The summed E-state index contributed by atoms with van der Waals surface area (Å²) in [6.07, 6.45) is 13.9. The monoisotopic (exact) mass is 508 g/mol. The highest BCUT2D eigenvalue weighted by molar-refractivity contribution is 5.87. The van der Waals surface area contributed by atoms with Gasteiger partial charge in [-0.05, 0) is 121 Å². The van der Waals surface area contributed by atoms with Crippen LogP contribution in [0.25, 0.3) is 6.08 Å². The maximum absolute atomic E-state index is 11.9. The number of rotatable bonds is 6. The third kappa shape index (κ3) is 4.50. The second-order valence-electron chi connectivity index (χ2n) is 13.7. The zero-order valence-corrected chi connectivity index (χ0v) is 23.3. The molecule has 11 atom stereocenters. The highest BCUT2D eigenvalue weighted by Gasteiger charge is 2.64. The van der Waals surface area contributed by atoms with Crippen LogP contribution in [0, 0.1) is 52.3 Å². The molecule has 4 aliphatic carbocycles. The van der Waals surface area contributed by atoms with Crippen molar-refractivity contribution in [2.45, 2.75) is 97.7 Å². The molecule has 204 valence electrons. The van der Waals surface area contributed by atoms with Crippen LogP contribution in [0.1, 0.15) is 101 Å². The molecule has 6 unspecified atom stereocenters.